The summed E-state index contributed by atoms with van der Waals surface area (Å²) in [5.74, 6) is -0.917. The lowest BCUT2D eigenvalue weighted by Gasteiger charge is -2.23. The third-order valence-electron chi connectivity index (χ3n) is 5.12. The highest BCUT2D eigenvalue weighted by Crippen LogP contribution is 2.30. The standard InChI is InChI=1S/C18H24N4O5S/c1-19-18(25)15-4-3-8-21(15)16(23)11-20-17(24)13-5-6-14-12(10-13)7-9-22(14)28(2,26)27/h5-6,10,15H,3-4,7-9,11H2,1-2H3,(H,19,25)(H,20,24). The van der Waals surface area contributed by atoms with Crippen LogP contribution in [0.1, 0.15) is 28.8 Å². The summed E-state index contributed by atoms with van der Waals surface area (Å²) >= 11 is 0. The van der Waals surface area contributed by atoms with Crippen molar-refractivity contribution >= 4 is 33.4 Å². The number of likely N-dealkylation sites (N-methyl/N-ethyl adjacent to an activating group) is 1. The molecule has 1 unspecified atom stereocenters. The minimum Gasteiger partial charge on any atom is -0.357 e. The first-order valence-electron chi connectivity index (χ1n) is 9.12. The van der Waals surface area contributed by atoms with Crippen LogP contribution in [-0.4, -0.2) is 70.0 Å². The van der Waals surface area contributed by atoms with Gasteiger partial charge in [0.1, 0.15) is 6.04 Å². The lowest BCUT2D eigenvalue weighted by molar-refractivity contribution is -0.137. The smallest absolute Gasteiger partial charge is 0.251 e. The summed E-state index contributed by atoms with van der Waals surface area (Å²) in [6.07, 6.45) is 3.04. The molecule has 0 aromatic heterocycles. The van der Waals surface area contributed by atoms with Gasteiger partial charge in [-0.1, -0.05) is 0 Å². The second-order valence-electron chi connectivity index (χ2n) is 6.97. The van der Waals surface area contributed by atoms with Gasteiger partial charge in [0.25, 0.3) is 5.91 Å². The fourth-order valence-electron chi connectivity index (χ4n) is 3.72. The van der Waals surface area contributed by atoms with E-state index in [-0.39, 0.29) is 18.4 Å². The highest BCUT2D eigenvalue weighted by Gasteiger charge is 2.33. The molecule has 2 aliphatic heterocycles. The zero-order valence-electron chi connectivity index (χ0n) is 15.9. The molecule has 0 saturated carbocycles. The van der Waals surface area contributed by atoms with Crippen molar-refractivity contribution in [2.24, 2.45) is 0 Å². The number of carbonyl (C=O) groups excluding carboxylic acids is 3. The molecule has 9 nitrogen and oxygen atoms in total. The molecule has 0 bridgehead atoms. The first kappa shape index (κ1) is 20.1. The van der Waals surface area contributed by atoms with Crippen LogP contribution in [0.3, 0.4) is 0 Å². The van der Waals surface area contributed by atoms with E-state index in [1.54, 1.807) is 18.2 Å². The summed E-state index contributed by atoms with van der Waals surface area (Å²) in [6, 6.07) is 4.33. The molecule has 3 amide bonds. The normalized spacial score (nSPS) is 18.7. The predicted molar refractivity (Wildman–Crippen MR) is 103 cm³/mol. The van der Waals surface area contributed by atoms with Gasteiger partial charge in [0.05, 0.1) is 18.5 Å². The SMILES string of the molecule is CNC(=O)C1CCCN1C(=O)CNC(=O)c1ccc2c(c1)CCN2S(C)(=O)=O. The monoisotopic (exact) mass is 408 g/mol. The number of nitrogens with one attached hydrogen (secondary N) is 2. The van der Waals surface area contributed by atoms with Crippen molar-refractivity contribution in [1.29, 1.82) is 0 Å². The molecule has 2 aliphatic rings. The van der Waals surface area contributed by atoms with Crippen LogP contribution in [0.25, 0.3) is 0 Å². The molecule has 2 heterocycles. The quantitative estimate of drug-likeness (QED) is 0.680. The lowest BCUT2D eigenvalue weighted by Crippen LogP contribution is -2.48. The molecule has 1 aromatic rings. The van der Waals surface area contributed by atoms with Gasteiger partial charge in [-0.15, -0.1) is 0 Å². The summed E-state index contributed by atoms with van der Waals surface area (Å²) in [6.45, 7) is 0.652. The predicted octanol–water partition coefficient (Wildman–Crippen LogP) is -0.524. The maximum absolute atomic E-state index is 12.4. The third kappa shape index (κ3) is 3.96. The van der Waals surface area contributed by atoms with Gasteiger partial charge in [-0.3, -0.25) is 18.7 Å². The summed E-state index contributed by atoms with van der Waals surface area (Å²) in [4.78, 5) is 38.2. The molecule has 0 aliphatic carbocycles. The molecule has 0 radical (unpaired) electrons. The van der Waals surface area contributed by atoms with E-state index in [0.717, 1.165) is 18.2 Å². The maximum Gasteiger partial charge on any atom is 0.251 e. The molecule has 28 heavy (non-hydrogen) atoms. The molecule has 1 atom stereocenters. The average molecular weight is 408 g/mol. The van der Waals surface area contributed by atoms with Crippen LogP contribution in [0.5, 0.6) is 0 Å². The number of hydrogen-bond acceptors (Lipinski definition) is 5. The number of carbonyl (C=O) groups is 3. The van der Waals surface area contributed by atoms with Gasteiger partial charge in [-0.25, -0.2) is 8.42 Å². The second kappa shape index (κ2) is 7.78. The molecule has 152 valence electrons. The summed E-state index contributed by atoms with van der Waals surface area (Å²) in [7, 11) is -1.81. The van der Waals surface area contributed by atoms with Crippen molar-refractivity contribution in [3.8, 4) is 0 Å². The van der Waals surface area contributed by atoms with E-state index in [9.17, 15) is 22.8 Å². The van der Waals surface area contributed by atoms with Gasteiger partial charge in [0, 0.05) is 25.7 Å². The van der Waals surface area contributed by atoms with Crippen LogP contribution < -0.4 is 14.9 Å². The van der Waals surface area contributed by atoms with Gasteiger partial charge in [0.2, 0.25) is 21.8 Å². The molecular weight excluding hydrogens is 384 g/mol. The number of sulfonamides is 1. The van der Waals surface area contributed by atoms with Gasteiger partial charge >= 0.3 is 0 Å². The van der Waals surface area contributed by atoms with Crippen molar-refractivity contribution in [2.45, 2.75) is 25.3 Å². The fourth-order valence-corrected chi connectivity index (χ4v) is 4.68. The topological polar surface area (TPSA) is 116 Å². The highest BCUT2D eigenvalue weighted by atomic mass is 32.2. The Balaban J connectivity index is 1.63. The summed E-state index contributed by atoms with van der Waals surface area (Å²) in [5.41, 5.74) is 1.73. The molecular formula is C18H24N4O5S. The summed E-state index contributed by atoms with van der Waals surface area (Å²) < 4.78 is 24.9. The Bertz CT molecular complexity index is 915. The van der Waals surface area contributed by atoms with Crippen LogP contribution in [0.2, 0.25) is 0 Å². The van der Waals surface area contributed by atoms with Gasteiger partial charge in [-0.05, 0) is 43.0 Å². The van der Waals surface area contributed by atoms with Crippen molar-refractivity contribution < 1.29 is 22.8 Å². The Morgan fingerprint density at radius 3 is 2.64 bits per heavy atom. The van der Waals surface area contributed by atoms with Crippen LogP contribution in [0, 0.1) is 0 Å². The Hall–Kier alpha value is -2.62. The second-order valence-corrected chi connectivity index (χ2v) is 8.88. The first-order valence-corrected chi connectivity index (χ1v) is 11.0. The Morgan fingerprint density at radius 1 is 1.21 bits per heavy atom. The van der Waals surface area contributed by atoms with Crippen molar-refractivity contribution in [2.75, 3.05) is 37.2 Å². The number of nitrogens with zero attached hydrogens (tertiary/aromatic N) is 2. The molecule has 1 saturated heterocycles. The Kier molecular flexibility index (Phi) is 5.59. The van der Waals surface area contributed by atoms with Gasteiger partial charge in [-0.2, -0.15) is 0 Å². The van der Waals surface area contributed by atoms with E-state index in [1.807, 2.05) is 0 Å². The van der Waals surface area contributed by atoms with Crippen LogP contribution in [-0.2, 0) is 26.0 Å². The van der Waals surface area contributed by atoms with E-state index in [2.05, 4.69) is 10.6 Å². The number of rotatable bonds is 5. The number of likely N-dealkylation sites (tertiary alicyclic amines) is 1. The zero-order chi connectivity index (χ0) is 20.5. The molecule has 1 fully saturated rings. The molecule has 3 rings (SSSR count). The minimum atomic E-state index is -3.34. The molecule has 10 heteroatoms. The van der Waals surface area contributed by atoms with Crippen LogP contribution >= 0.6 is 0 Å². The Morgan fingerprint density at radius 2 is 1.96 bits per heavy atom. The lowest BCUT2D eigenvalue weighted by atomic mass is 10.1. The fraction of sp³-hybridized carbons (Fsp3) is 0.500. The van der Waals surface area contributed by atoms with E-state index < -0.39 is 22.0 Å². The van der Waals surface area contributed by atoms with Crippen LogP contribution in [0.15, 0.2) is 18.2 Å². The minimum absolute atomic E-state index is 0.196. The van der Waals surface area contributed by atoms with Crippen molar-refractivity contribution in [3.05, 3.63) is 29.3 Å². The highest BCUT2D eigenvalue weighted by molar-refractivity contribution is 7.92. The number of hydrogen-bond donors (Lipinski definition) is 2. The molecule has 0 spiro atoms. The van der Waals surface area contributed by atoms with E-state index in [1.165, 1.54) is 16.3 Å². The van der Waals surface area contributed by atoms with Crippen molar-refractivity contribution in [1.82, 2.24) is 15.5 Å². The number of fused-ring (bicyclic) bond motifs is 1. The average Bonchev–Trinajstić information content (AvgIpc) is 3.31. The number of amides is 3. The first-order chi connectivity index (χ1) is 13.2. The summed E-state index contributed by atoms with van der Waals surface area (Å²) in [5, 5.41) is 5.15. The molecule has 1 aromatic carbocycles. The van der Waals surface area contributed by atoms with E-state index in [4.69, 9.17) is 0 Å². The van der Waals surface area contributed by atoms with Gasteiger partial charge in [0.15, 0.2) is 0 Å². The van der Waals surface area contributed by atoms with Crippen molar-refractivity contribution in [3.63, 3.8) is 0 Å². The van der Waals surface area contributed by atoms with E-state index >= 15 is 0 Å². The van der Waals surface area contributed by atoms with Crippen LogP contribution in [0.4, 0.5) is 5.69 Å². The maximum atomic E-state index is 12.4. The van der Waals surface area contributed by atoms with Gasteiger partial charge < -0.3 is 15.5 Å². The largest absolute Gasteiger partial charge is 0.357 e. The Labute approximate surface area is 164 Å². The van der Waals surface area contributed by atoms with E-state index in [0.29, 0.717) is 37.2 Å². The number of anilines is 1. The molecule has 2 N–H and O–H groups in total. The number of benzene rings is 1. The zero-order valence-corrected chi connectivity index (χ0v) is 16.7. The third-order valence-corrected chi connectivity index (χ3v) is 6.30.